The van der Waals surface area contributed by atoms with Crippen LogP contribution in [0, 0.1) is 0 Å². The Morgan fingerprint density at radius 3 is 2.41 bits per heavy atom. The third kappa shape index (κ3) is 6.03. The van der Waals surface area contributed by atoms with Gasteiger partial charge >= 0.3 is 6.43 Å². The fraction of sp³-hybridized carbons (Fsp3) is 0.300. The predicted molar refractivity (Wildman–Crippen MR) is 116 cm³/mol. The Labute approximate surface area is 186 Å². The zero-order chi connectivity index (χ0) is 23.5. The van der Waals surface area contributed by atoms with Crippen LogP contribution in [-0.2, 0) is 21.4 Å². The second-order valence-electron chi connectivity index (χ2n) is 7.02. The summed E-state index contributed by atoms with van der Waals surface area (Å²) in [6.07, 6.45) is -3.73. The summed E-state index contributed by atoms with van der Waals surface area (Å²) in [5, 5.41) is 12.7. The molecule has 0 aliphatic heterocycles. The molecule has 0 radical (unpaired) electrons. The molecule has 3 aromatic rings. The number of aromatic nitrogens is 1. The number of aliphatic hydroxyl groups excluding tert-OH is 1. The Balaban J connectivity index is 1.76. The quantitative estimate of drug-likeness (QED) is 0.430. The number of thiazole rings is 1. The summed E-state index contributed by atoms with van der Waals surface area (Å²) in [7, 11) is -3.33. The number of aliphatic hydroxyl groups is 1. The molecule has 0 aliphatic carbocycles. The minimum atomic E-state index is -3.33. The number of halogens is 3. The standard InChI is InChI=1S/C20H20F3N3O4S2/c1-32(29,30)24-10-17-25-14-8-13(6-7-16(14)31-17)11-2-4-12(5-3-11)18(27)15(9-21)26-20(28)19(22)23/h2-8,15,18-19,24,27H,9-10H2,1H3,(H,26,28)/t15-,18+/m1/s1. The first-order chi connectivity index (χ1) is 15.1. The van der Waals surface area contributed by atoms with Gasteiger partial charge < -0.3 is 10.4 Å². The molecular formula is C20H20F3N3O4S2. The lowest BCUT2D eigenvalue weighted by Crippen LogP contribution is -2.43. The molecule has 0 fully saturated rings. The molecule has 2 aromatic carbocycles. The minimum Gasteiger partial charge on any atom is -0.386 e. The van der Waals surface area contributed by atoms with Gasteiger partial charge in [-0.1, -0.05) is 30.3 Å². The molecule has 3 rings (SSSR count). The molecular weight excluding hydrogens is 467 g/mol. The van der Waals surface area contributed by atoms with Gasteiger partial charge in [0, 0.05) is 0 Å². The average Bonchev–Trinajstić information content (AvgIpc) is 3.17. The van der Waals surface area contributed by atoms with Gasteiger partial charge in [0.2, 0.25) is 10.0 Å². The molecule has 0 saturated heterocycles. The van der Waals surface area contributed by atoms with E-state index in [1.165, 1.54) is 23.5 Å². The molecule has 32 heavy (non-hydrogen) atoms. The summed E-state index contributed by atoms with van der Waals surface area (Å²) in [5.41, 5.74) is 2.52. The number of hydrogen-bond acceptors (Lipinski definition) is 6. The Bertz CT molecular complexity index is 1200. The molecule has 0 aliphatic rings. The fourth-order valence-electron chi connectivity index (χ4n) is 2.98. The maximum Gasteiger partial charge on any atom is 0.315 e. The van der Waals surface area contributed by atoms with Crippen LogP contribution in [-0.4, -0.2) is 49.8 Å². The normalized spacial score (nSPS) is 13.9. The van der Waals surface area contributed by atoms with E-state index >= 15 is 0 Å². The monoisotopic (exact) mass is 487 g/mol. The Hall–Kier alpha value is -2.54. The van der Waals surface area contributed by atoms with Crippen LogP contribution >= 0.6 is 11.3 Å². The third-order valence-electron chi connectivity index (χ3n) is 4.58. The number of alkyl halides is 3. The second kappa shape index (κ2) is 9.94. The number of nitrogens with zero attached hydrogens (tertiary/aromatic N) is 1. The maximum absolute atomic E-state index is 13.2. The van der Waals surface area contributed by atoms with Gasteiger partial charge in [-0.05, 0) is 28.8 Å². The van der Waals surface area contributed by atoms with Gasteiger partial charge in [-0.2, -0.15) is 8.78 Å². The van der Waals surface area contributed by atoms with E-state index < -0.39 is 41.2 Å². The third-order valence-corrected chi connectivity index (χ3v) is 6.28. The second-order valence-corrected chi connectivity index (χ2v) is 9.97. The van der Waals surface area contributed by atoms with Crippen LogP contribution in [0.1, 0.15) is 16.7 Å². The highest BCUT2D eigenvalue weighted by Gasteiger charge is 2.26. The van der Waals surface area contributed by atoms with Crippen molar-refractivity contribution in [2.75, 3.05) is 12.9 Å². The first-order valence-electron chi connectivity index (χ1n) is 9.34. The SMILES string of the molecule is CS(=O)(=O)NCc1nc2cc(-c3ccc([C@H](O)[C@@H](CF)NC(=O)C(F)F)cc3)ccc2s1. The van der Waals surface area contributed by atoms with Crippen molar-refractivity contribution in [2.24, 2.45) is 0 Å². The van der Waals surface area contributed by atoms with Gasteiger partial charge in [0.15, 0.2) is 0 Å². The number of carbonyl (C=O) groups excluding carboxylic acids is 1. The van der Waals surface area contributed by atoms with Gasteiger partial charge in [-0.25, -0.2) is 22.5 Å². The van der Waals surface area contributed by atoms with Crippen molar-refractivity contribution >= 4 is 37.5 Å². The minimum absolute atomic E-state index is 0.0952. The summed E-state index contributed by atoms with van der Waals surface area (Å²) in [5.74, 6) is -1.65. The largest absolute Gasteiger partial charge is 0.386 e. The first-order valence-corrected chi connectivity index (χ1v) is 12.0. The maximum atomic E-state index is 13.2. The van der Waals surface area contributed by atoms with Gasteiger partial charge in [-0.15, -0.1) is 11.3 Å². The van der Waals surface area contributed by atoms with E-state index in [-0.39, 0.29) is 12.1 Å². The van der Waals surface area contributed by atoms with E-state index in [1.54, 1.807) is 17.4 Å². The predicted octanol–water partition coefficient (Wildman–Crippen LogP) is 2.77. The number of carbonyl (C=O) groups is 1. The zero-order valence-electron chi connectivity index (χ0n) is 16.8. The molecule has 3 N–H and O–H groups in total. The van der Waals surface area contributed by atoms with Crippen LogP contribution in [0.5, 0.6) is 0 Å². The van der Waals surface area contributed by atoms with Crippen molar-refractivity contribution in [3.05, 3.63) is 53.0 Å². The van der Waals surface area contributed by atoms with E-state index in [0.717, 1.165) is 22.1 Å². The lowest BCUT2D eigenvalue weighted by Gasteiger charge is -2.22. The number of benzene rings is 2. The highest BCUT2D eigenvalue weighted by atomic mass is 32.2. The first kappa shape index (κ1) is 24.1. The molecule has 0 unspecified atom stereocenters. The average molecular weight is 488 g/mol. The molecule has 7 nitrogen and oxygen atoms in total. The van der Waals surface area contributed by atoms with E-state index in [2.05, 4.69) is 9.71 Å². The fourth-order valence-corrected chi connectivity index (χ4v) is 4.35. The number of fused-ring (bicyclic) bond motifs is 1. The molecule has 1 aromatic heterocycles. The van der Waals surface area contributed by atoms with Crippen molar-refractivity contribution in [2.45, 2.75) is 25.1 Å². The van der Waals surface area contributed by atoms with E-state index in [9.17, 15) is 31.5 Å². The number of hydrogen-bond donors (Lipinski definition) is 3. The topological polar surface area (TPSA) is 108 Å². The summed E-state index contributed by atoms with van der Waals surface area (Å²) >= 11 is 1.37. The lowest BCUT2D eigenvalue weighted by molar-refractivity contribution is -0.133. The molecule has 2 atom stereocenters. The molecule has 12 heteroatoms. The van der Waals surface area contributed by atoms with Gasteiger partial charge in [-0.3, -0.25) is 4.79 Å². The van der Waals surface area contributed by atoms with Crippen molar-refractivity contribution < 1.29 is 31.5 Å². The molecule has 1 heterocycles. The van der Waals surface area contributed by atoms with Crippen LogP contribution in [0.2, 0.25) is 0 Å². The van der Waals surface area contributed by atoms with Crippen LogP contribution < -0.4 is 10.0 Å². The molecule has 0 saturated carbocycles. The van der Waals surface area contributed by atoms with Gasteiger partial charge in [0.25, 0.3) is 5.91 Å². The van der Waals surface area contributed by atoms with Crippen molar-refractivity contribution in [1.29, 1.82) is 0 Å². The van der Waals surface area contributed by atoms with Crippen LogP contribution in [0.25, 0.3) is 21.3 Å². The van der Waals surface area contributed by atoms with E-state index in [4.69, 9.17) is 0 Å². The number of rotatable bonds is 9. The van der Waals surface area contributed by atoms with Crippen LogP contribution in [0.3, 0.4) is 0 Å². The molecule has 0 spiro atoms. The number of nitrogens with one attached hydrogen (secondary N) is 2. The van der Waals surface area contributed by atoms with Crippen molar-refractivity contribution in [1.82, 2.24) is 15.0 Å². The van der Waals surface area contributed by atoms with E-state index in [0.29, 0.717) is 10.5 Å². The summed E-state index contributed by atoms with van der Waals surface area (Å²) in [4.78, 5) is 15.5. The van der Waals surface area contributed by atoms with E-state index in [1.807, 2.05) is 18.2 Å². The van der Waals surface area contributed by atoms with Gasteiger partial charge in [0.1, 0.15) is 17.8 Å². The smallest absolute Gasteiger partial charge is 0.315 e. The molecule has 172 valence electrons. The summed E-state index contributed by atoms with van der Waals surface area (Å²) in [6, 6.07) is 10.4. The zero-order valence-corrected chi connectivity index (χ0v) is 18.4. The van der Waals surface area contributed by atoms with Crippen LogP contribution in [0.4, 0.5) is 13.2 Å². The summed E-state index contributed by atoms with van der Waals surface area (Å²) < 4.78 is 63.7. The number of amides is 1. The summed E-state index contributed by atoms with van der Waals surface area (Å²) in [6.45, 7) is -1.11. The Kier molecular flexibility index (Phi) is 7.49. The molecule has 1 amide bonds. The van der Waals surface area contributed by atoms with Crippen LogP contribution in [0.15, 0.2) is 42.5 Å². The van der Waals surface area contributed by atoms with Crippen molar-refractivity contribution in [3.63, 3.8) is 0 Å². The Morgan fingerprint density at radius 1 is 1.16 bits per heavy atom. The Morgan fingerprint density at radius 2 is 1.81 bits per heavy atom. The number of sulfonamides is 1. The molecule has 0 bridgehead atoms. The highest BCUT2D eigenvalue weighted by molar-refractivity contribution is 7.88. The lowest BCUT2D eigenvalue weighted by atomic mass is 9.98. The van der Waals surface area contributed by atoms with Gasteiger partial charge in [0.05, 0.1) is 29.1 Å². The van der Waals surface area contributed by atoms with Crippen molar-refractivity contribution in [3.8, 4) is 11.1 Å². The highest BCUT2D eigenvalue weighted by Crippen LogP contribution is 2.29.